The maximum Gasteiger partial charge on any atom is 0.0899 e. The third-order valence-electron chi connectivity index (χ3n) is 5.96. The minimum Gasteiger partial charge on any atom is -0.387 e. The molecule has 2 heteroatoms. The SMILES string of the molecule is Cc1ccc2c(c1)[C@@]13CCCC[C@@]1(O)[C@@H](C2)NCC3. The van der Waals surface area contributed by atoms with Gasteiger partial charge in [0.15, 0.2) is 0 Å². The van der Waals surface area contributed by atoms with Gasteiger partial charge in [-0.2, -0.15) is 0 Å². The van der Waals surface area contributed by atoms with Crippen LogP contribution in [0, 0.1) is 6.92 Å². The molecule has 0 unspecified atom stereocenters. The van der Waals surface area contributed by atoms with Crippen LogP contribution in [-0.4, -0.2) is 23.3 Å². The van der Waals surface area contributed by atoms with E-state index in [4.69, 9.17) is 0 Å². The fourth-order valence-corrected chi connectivity index (χ4v) is 5.03. The largest absolute Gasteiger partial charge is 0.387 e. The maximum absolute atomic E-state index is 11.4. The number of aliphatic hydroxyl groups is 1. The lowest BCUT2D eigenvalue weighted by atomic mass is 9.50. The highest BCUT2D eigenvalue weighted by molar-refractivity contribution is 5.46. The Kier molecular flexibility index (Phi) is 2.40. The second-order valence-corrected chi connectivity index (χ2v) is 6.83. The lowest BCUT2D eigenvalue weighted by molar-refractivity contribution is -0.124. The zero-order valence-electron chi connectivity index (χ0n) is 11.7. The Labute approximate surface area is 115 Å². The van der Waals surface area contributed by atoms with Gasteiger partial charge in [0.25, 0.3) is 0 Å². The van der Waals surface area contributed by atoms with E-state index in [1.54, 1.807) is 0 Å². The average Bonchev–Trinajstić information content (AvgIpc) is 2.39. The van der Waals surface area contributed by atoms with Crippen LogP contribution in [-0.2, 0) is 11.8 Å². The summed E-state index contributed by atoms with van der Waals surface area (Å²) in [4.78, 5) is 0. The van der Waals surface area contributed by atoms with Crippen molar-refractivity contribution in [3.63, 3.8) is 0 Å². The summed E-state index contributed by atoms with van der Waals surface area (Å²) in [6, 6.07) is 7.13. The molecule has 2 fully saturated rings. The van der Waals surface area contributed by atoms with E-state index >= 15 is 0 Å². The Hall–Kier alpha value is -0.860. The van der Waals surface area contributed by atoms with Crippen molar-refractivity contribution in [3.05, 3.63) is 34.9 Å². The number of fused-ring (bicyclic) bond motifs is 1. The van der Waals surface area contributed by atoms with Crippen LogP contribution < -0.4 is 5.32 Å². The molecule has 3 aliphatic rings. The monoisotopic (exact) mass is 257 g/mol. The van der Waals surface area contributed by atoms with Gasteiger partial charge in [-0.3, -0.25) is 0 Å². The van der Waals surface area contributed by atoms with Crippen LogP contribution in [0.15, 0.2) is 18.2 Å². The van der Waals surface area contributed by atoms with Gasteiger partial charge in [-0.1, -0.05) is 36.6 Å². The minimum absolute atomic E-state index is 0.0285. The fourth-order valence-electron chi connectivity index (χ4n) is 5.03. The molecule has 2 N–H and O–H groups in total. The number of hydrogen-bond acceptors (Lipinski definition) is 2. The molecule has 2 bridgehead atoms. The van der Waals surface area contributed by atoms with E-state index in [1.807, 2.05) is 0 Å². The number of aryl methyl sites for hydroxylation is 1. The molecule has 1 heterocycles. The molecule has 0 amide bonds. The molecule has 0 radical (unpaired) electrons. The molecule has 0 spiro atoms. The Morgan fingerprint density at radius 2 is 2.05 bits per heavy atom. The topological polar surface area (TPSA) is 32.3 Å². The van der Waals surface area contributed by atoms with Crippen LogP contribution in [0.3, 0.4) is 0 Å². The number of piperidine rings is 1. The summed E-state index contributed by atoms with van der Waals surface area (Å²) in [7, 11) is 0. The van der Waals surface area contributed by atoms with Gasteiger partial charge in [0.05, 0.1) is 5.60 Å². The highest BCUT2D eigenvalue weighted by atomic mass is 16.3. The van der Waals surface area contributed by atoms with Gasteiger partial charge in [0, 0.05) is 11.5 Å². The first kappa shape index (κ1) is 11.9. The normalized spacial score (nSPS) is 40.4. The average molecular weight is 257 g/mol. The molecule has 102 valence electrons. The molecule has 1 saturated carbocycles. The zero-order valence-corrected chi connectivity index (χ0v) is 11.7. The summed E-state index contributed by atoms with van der Waals surface area (Å²) in [5, 5.41) is 15.0. The van der Waals surface area contributed by atoms with Crippen LogP contribution >= 0.6 is 0 Å². The maximum atomic E-state index is 11.4. The number of benzene rings is 1. The van der Waals surface area contributed by atoms with Gasteiger partial charge in [-0.05, 0) is 50.3 Å². The van der Waals surface area contributed by atoms with Gasteiger partial charge >= 0.3 is 0 Å². The molecule has 0 aromatic heterocycles. The van der Waals surface area contributed by atoms with Gasteiger partial charge in [-0.15, -0.1) is 0 Å². The highest BCUT2D eigenvalue weighted by Gasteiger charge is 2.61. The molecular formula is C17H23NO. The van der Waals surface area contributed by atoms with Crippen molar-refractivity contribution in [2.75, 3.05) is 6.54 Å². The third kappa shape index (κ3) is 1.39. The van der Waals surface area contributed by atoms with Crippen molar-refractivity contribution in [1.82, 2.24) is 5.32 Å². The predicted octanol–water partition coefficient (Wildman–Crippen LogP) is 2.46. The van der Waals surface area contributed by atoms with Crippen LogP contribution in [0.25, 0.3) is 0 Å². The van der Waals surface area contributed by atoms with Crippen molar-refractivity contribution in [2.45, 2.75) is 62.5 Å². The summed E-state index contributed by atoms with van der Waals surface area (Å²) in [6.07, 6.45) is 6.67. The van der Waals surface area contributed by atoms with Crippen LogP contribution in [0.5, 0.6) is 0 Å². The van der Waals surface area contributed by atoms with Gasteiger partial charge < -0.3 is 10.4 Å². The Bertz CT molecular complexity index is 522. The molecule has 1 saturated heterocycles. The van der Waals surface area contributed by atoms with Crippen molar-refractivity contribution in [3.8, 4) is 0 Å². The summed E-state index contributed by atoms with van der Waals surface area (Å²) in [5.74, 6) is 0. The smallest absolute Gasteiger partial charge is 0.0899 e. The van der Waals surface area contributed by atoms with Gasteiger partial charge in [-0.25, -0.2) is 0 Å². The second kappa shape index (κ2) is 3.83. The Morgan fingerprint density at radius 1 is 1.21 bits per heavy atom. The molecule has 2 aliphatic carbocycles. The molecule has 1 aliphatic heterocycles. The van der Waals surface area contributed by atoms with Gasteiger partial charge in [0.1, 0.15) is 0 Å². The van der Waals surface area contributed by atoms with Crippen molar-refractivity contribution in [2.24, 2.45) is 0 Å². The zero-order chi connectivity index (χ0) is 13.1. The van der Waals surface area contributed by atoms with Crippen LogP contribution in [0.1, 0.15) is 48.8 Å². The van der Waals surface area contributed by atoms with E-state index in [0.717, 1.165) is 32.2 Å². The van der Waals surface area contributed by atoms with E-state index in [-0.39, 0.29) is 11.5 Å². The number of nitrogens with one attached hydrogen (secondary N) is 1. The first-order chi connectivity index (χ1) is 9.16. The summed E-state index contributed by atoms with van der Waals surface area (Å²) < 4.78 is 0. The van der Waals surface area contributed by atoms with Crippen molar-refractivity contribution >= 4 is 0 Å². The third-order valence-corrected chi connectivity index (χ3v) is 5.96. The Morgan fingerprint density at radius 3 is 2.95 bits per heavy atom. The number of rotatable bonds is 0. The molecule has 2 nitrogen and oxygen atoms in total. The molecule has 1 aromatic rings. The lowest BCUT2D eigenvalue weighted by Gasteiger charge is -2.61. The van der Waals surface area contributed by atoms with Gasteiger partial charge in [0.2, 0.25) is 0 Å². The summed E-state index contributed by atoms with van der Waals surface area (Å²) >= 11 is 0. The van der Waals surface area contributed by atoms with Crippen molar-refractivity contribution in [1.29, 1.82) is 0 Å². The lowest BCUT2D eigenvalue weighted by Crippen LogP contribution is -2.71. The predicted molar refractivity (Wildman–Crippen MR) is 76.4 cm³/mol. The second-order valence-electron chi connectivity index (χ2n) is 6.83. The number of hydrogen-bond donors (Lipinski definition) is 2. The first-order valence-electron chi connectivity index (χ1n) is 7.72. The fraction of sp³-hybridized carbons (Fsp3) is 0.647. The molecule has 3 atom stereocenters. The van der Waals surface area contributed by atoms with E-state index in [0.29, 0.717) is 0 Å². The van der Waals surface area contributed by atoms with Crippen LogP contribution in [0.2, 0.25) is 0 Å². The summed E-state index contributed by atoms with van der Waals surface area (Å²) in [6.45, 7) is 3.23. The summed E-state index contributed by atoms with van der Waals surface area (Å²) in [5.41, 5.74) is 3.78. The Balaban J connectivity index is 1.97. The standard InChI is InChI=1S/C17H23NO/c1-12-4-5-13-11-15-17(19)7-3-2-6-16(17,8-9-18-15)14(13)10-12/h4-5,10,15,18-19H,2-3,6-9,11H2,1H3/t15-,16+,17-/m1/s1. The van der Waals surface area contributed by atoms with E-state index in [1.165, 1.54) is 29.5 Å². The van der Waals surface area contributed by atoms with Crippen molar-refractivity contribution < 1.29 is 5.11 Å². The van der Waals surface area contributed by atoms with E-state index in [9.17, 15) is 5.11 Å². The van der Waals surface area contributed by atoms with E-state index < -0.39 is 5.60 Å². The molecule has 4 rings (SSSR count). The highest BCUT2D eigenvalue weighted by Crippen LogP contribution is 2.56. The first-order valence-corrected chi connectivity index (χ1v) is 7.72. The van der Waals surface area contributed by atoms with E-state index in [2.05, 4.69) is 30.4 Å². The molecular weight excluding hydrogens is 234 g/mol. The quantitative estimate of drug-likeness (QED) is 0.748. The molecule has 1 aromatic carbocycles. The minimum atomic E-state index is -0.510. The van der Waals surface area contributed by atoms with Crippen LogP contribution in [0.4, 0.5) is 0 Å². The molecule has 19 heavy (non-hydrogen) atoms.